The average molecular weight is 330 g/mol. The van der Waals surface area contributed by atoms with E-state index in [0.29, 0.717) is 6.04 Å². The number of hydrogen-bond acceptors (Lipinski definition) is 2. The summed E-state index contributed by atoms with van der Waals surface area (Å²) < 4.78 is 1.17. The van der Waals surface area contributed by atoms with Gasteiger partial charge in [0.25, 0.3) is 0 Å². The Morgan fingerprint density at radius 2 is 2.28 bits per heavy atom. The molecule has 1 N–H and O–H groups in total. The zero-order valence-electron chi connectivity index (χ0n) is 10.3. The molecular weight excluding hydrogens is 312 g/mol. The number of rotatable bonds is 2. The molecule has 98 valence electrons. The number of nitrogens with one attached hydrogen (secondary N) is 1. The second-order valence-corrected chi connectivity index (χ2v) is 6.62. The van der Waals surface area contributed by atoms with Gasteiger partial charge in [0, 0.05) is 28.6 Å². The molecular formula is C14H18BrClN2. The Morgan fingerprint density at radius 3 is 3.17 bits per heavy atom. The summed E-state index contributed by atoms with van der Waals surface area (Å²) in [6, 6.07) is 6.78. The van der Waals surface area contributed by atoms with E-state index in [0.717, 1.165) is 24.0 Å². The van der Waals surface area contributed by atoms with Gasteiger partial charge in [-0.2, -0.15) is 0 Å². The number of hydrogen-bond donors (Lipinski definition) is 1. The van der Waals surface area contributed by atoms with Crippen molar-refractivity contribution in [3.8, 4) is 0 Å². The van der Waals surface area contributed by atoms with E-state index in [-0.39, 0.29) is 0 Å². The van der Waals surface area contributed by atoms with E-state index in [1.165, 1.54) is 36.0 Å². The summed E-state index contributed by atoms with van der Waals surface area (Å²) in [5.74, 6) is 0.844. The zero-order chi connectivity index (χ0) is 12.5. The molecule has 0 aliphatic carbocycles. The first-order chi connectivity index (χ1) is 8.74. The van der Waals surface area contributed by atoms with Crippen LogP contribution in [0.2, 0.25) is 5.02 Å². The standard InChI is InChI=1S/C14H18BrClN2/c15-13-4-3-12(16)6-11(13)9-18-5-1-2-10-7-17-8-14(10)18/h3-4,6,10,14,17H,1-2,5,7-9H2. The molecule has 2 nitrogen and oxygen atoms in total. The Bertz CT molecular complexity index is 438. The summed E-state index contributed by atoms with van der Waals surface area (Å²) in [6.45, 7) is 4.55. The lowest BCUT2D eigenvalue weighted by Crippen LogP contribution is -2.44. The van der Waals surface area contributed by atoms with Crippen molar-refractivity contribution >= 4 is 27.5 Å². The van der Waals surface area contributed by atoms with Crippen LogP contribution >= 0.6 is 27.5 Å². The minimum atomic E-state index is 0.713. The van der Waals surface area contributed by atoms with Gasteiger partial charge >= 0.3 is 0 Å². The van der Waals surface area contributed by atoms with E-state index in [1.807, 2.05) is 12.1 Å². The van der Waals surface area contributed by atoms with E-state index in [1.54, 1.807) is 0 Å². The third-order valence-corrected chi connectivity index (χ3v) is 5.18. The number of benzene rings is 1. The van der Waals surface area contributed by atoms with E-state index in [9.17, 15) is 0 Å². The predicted octanol–water partition coefficient (Wildman–Crippen LogP) is 3.29. The lowest BCUT2D eigenvalue weighted by molar-refractivity contribution is 0.117. The van der Waals surface area contributed by atoms with Crippen molar-refractivity contribution < 1.29 is 0 Å². The van der Waals surface area contributed by atoms with E-state index in [4.69, 9.17) is 11.6 Å². The van der Waals surface area contributed by atoms with Crippen molar-refractivity contribution in [2.45, 2.75) is 25.4 Å². The van der Waals surface area contributed by atoms with Crippen LogP contribution in [0.5, 0.6) is 0 Å². The number of likely N-dealkylation sites (tertiary alicyclic amines) is 1. The van der Waals surface area contributed by atoms with Crippen molar-refractivity contribution in [1.29, 1.82) is 0 Å². The molecule has 0 radical (unpaired) electrons. The van der Waals surface area contributed by atoms with Gasteiger partial charge in [-0.05, 0) is 55.6 Å². The second-order valence-electron chi connectivity index (χ2n) is 5.33. The van der Waals surface area contributed by atoms with Crippen molar-refractivity contribution in [3.05, 3.63) is 33.3 Å². The van der Waals surface area contributed by atoms with Gasteiger partial charge in [0.1, 0.15) is 0 Å². The van der Waals surface area contributed by atoms with Crippen molar-refractivity contribution in [1.82, 2.24) is 10.2 Å². The molecule has 2 aliphatic heterocycles. The molecule has 18 heavy (non-hydrogen) atoms. The molecule has 4 heteroatoms. The minimum Gasteiger partial charge on any atom is -0.315 e. The molecule has 0 spiro atoms. The fourth-order valence-electron chi connectivity index (χ4n) is 3.24. The Hall–Kier alpha value is -0.0900. The zero-order valence-corrected chi connectivity index (χ0v) is 12.7. The van der Waals surface area contributed by atoms with Gasteiger partial charge in [0.15, 0.2) is 0 Å². The van der Waals surface area contributed by atoms with E-state index < -0.39 is 0 Å². The van der Waals surface area contributed by atoms with Crippen LogP contribution in [0.3, 0.4) is 0 Å². The molecule has 2 fully saturated rings. The Kier molecular flexibility index (Phi) is 3.94. The van der Waals surface area contributed by atoms with Crippen LogP contribution in [0.15, 0.2) is 22.7 Å². The summed E-state index contributed by atoms with van der Waals surface area (Å²) in [4.78, 5) is 2.62. The maximum Gasteiger partial charge on any atom is 0.0410 e. The maximum absolute atomic E-state index is 6.09. The monoisotopic (exact) mass is 328 g/mol. The largest absolute Gasteiger partial charge is 0.315 e. The fraction of sp³-hybridized carbons (Fsp3) is 0.571. The minimum absolute atomic E-state index is 0.713. The molecule has 1 aromatic carbocycles. The Balaban J connectivity index is 1.77. The van der Waals surface area contributed by atoms with Gasteiger partial charge < -0.3 is 5.32 Å². The van der Waals surface area contributed by atoms with Gasteiger partial charge in [-0.25, -0.2) is 0 Å². The molecule has 0 bridgehead atoms. The van der Waals surface area contributed by atoms with Crippen molar-refractivity contribution in [2.24, 2.45) is 5.92 Å². The topological polar surface area (TPSA) is 15.3 Å². The maximum atomic E-state index is 6.09. The van der Waals surface area contributed by atoms with Crippen LogP contribution in [-0.4, -0.2) is 30.6 Å². The molecule has 0 saturated carbocycles. The van der Waals surface area contributed by atoms with Crippen LogP contribution in [0.4, 0.5) is 0 Å². The molecule has 2 heterocycles. The second kappa shape index (κ2) is 5.49. The van der Waals surface area contributed by atoms with Crippen molar-refractivity contribution in [3.63, 3.8) is 0 Å². The number of halogens is 2. The van der Waals surface area contributed by atoms with Gasteiger partial charge in [0.05, 0.1) is 0 Å². The summed E-state index contributed by atoms with van der Waals surface area (Å²) >= 11 is 9.72. The molecule has 0 amide bonds. The molecule has 3 rings (SSSR count). The van der Waals surface area contributed by atoms with Gasteiger partial charge in [-0.15, -0.1) is 0 Å². The summed E-state index contributed by atoms with van der Waals surface area (Å²) in [6.07, 6.45) is 2.70. The predicted molar refractivity (Wildman–Crippen MR) is 78.9 cm³/mol. The molecule has 0 aromatic heterocycles. The third kappa shape index (κ3) is 2.60. The average Bonchev–Trinajstić information content (AvgIpc) is 2.83. The number of nitrogens with zero attached hydrogens (tertiary/aromatic N) is 1. The SMILES string of the molecule is Clc1ccc(Br)c(CN2CCCC3CNCC32)c1. The third-order valence-electron chi connectivity index (χ3n) is 4.17. The Labute approximate surface area is 122 Å². The van der Waals surface area contributed by atoms with Crippen LogP contribution in [0.25, 0.3) is 0 Å². The van der Waals surface area contributed by atoms with Crippen LogP contribution in [-0.2, 0) is 6.54 Å². The molecule has 2 atom stereocenters. The van der Waals surface area contributed by atoms with Crippen molar-refractivity contribution in [2.75, 3.05) is 19.6 Å². The normalized spacial score (nSPS) is 28.3. The molecule has 2 aliphatic rings. The summed E-state index contributed by atoms with van der Waals surface area (Å²) in [5, 5.41) is 4.35. The van der Waals surface area contributed by atoms with Gasteiger partial charge in [0.2, 0.25) is 0 Å². The highest BCUT2D eigenvalue weighted by Crippen LogP contribution is 2.30. The van der Waals surface area contributed by atoms with E-state index in [2.05, 4.69) is 32.2 Å². The molecule has 2 unspecified atom stereocenters. The van der Waals surface area contributed by atoms with Crippen LogP contribution in [0.1, 0.15) is 18.4 Å². The first kappa shape index (κ1) is 12.9. The first-order valence-corrected chi connectivity index (χ1v) is 7.80. The lowest BCUT2D eigenvalue weighted by Gasteiger charge is -2.37. The molecule has 2 saturated heterocycles. The Morgan fingerprint density at radius 1 is 1.39 bits per heavy atom. The van der Waals surface area contributed by atoms with Gasteiger partial charge in [-0.1, -0.05) is 27.5 Å². The quantitative estimate of drug-likeness (QED) is 0.896. The highest BCUT2D eigenvalue weighted by Gasteiger charge is 2.34. The summed E-state index contributed by atoms with van der Waals surface area (Å²) in [5.41, 5.74) is 1.30. The van der Waals surface area contributed by atoms with Crippen LogP contribution < -0.4 is 5.32 Å². The first-order valence-electron chi connectivity index (χ1n) is 6.63. The highest BCUT2D eigenvalue weighted by molar-refractivity contribution is 9.10. The fourth-order valence-corrected chi connectivity index (χ4v) is 3.81. The number of piperidine rings is 1. The number of fused-ring (bicyclic) bond motifs is 1. The van der Waals surface area contributed by atoms with E-state index >= 15 is 0 Å². The highest BCUT2D eigenvalue weighted by atomic mass is 79.9. The van der Waals surface area contributed by atoms with Crippen LogP contribution in [0, 0.1) is 5.92 Å². The van der Waals surface area contributed by atoms with Gasteiger partial charge in [-0.3, -0.25) is 4.90 Å². The molecule has 1 aromatic rings. The lowest BCUT2D eigenvalue weighted by atomic mass is 9.91. The summed E-state index contributed by atoms with van der Waals surface area (Å²) in [7, 11) is 0. The smallest absolute Gasteiger partial charge is 0.0410 e.